The minimum absolute atomic E-state index is 0.0882. The molecule has 0 fully saturated rings. The third-order valence-electron chi connectivity index (χ3n) is 19.5. The van der Waals surface area contributed by atoms with Gasteiger partial charge in [0.15, 0.2) is 11.6 Å². The third kappa shape index (κ3) is 9.07. The number of hydrogen-bond donors (Lipinski definition) is 1. The van der Waals surface area contributed by atoms with Crippen molar-refractivity contribution >= 4 is 77.9 Å². The van der Waals surface area contributed by atoms with Crippen molar-refractivity contribution in [3.05, 3.63) is 353 Å². The highest BCUT2D eigenvalue weighted by molar-refractivity contribution is 7.26. The Morgan fingerprint density at radius 2 is 0.865 bits per heavy atom. The van der Waals surface area contributed by atoms with Crippen molar-refractivity contribution in [2.24, 2.45) is 0 Å². The van der Waals surface area contributed by atoms with Crippen LogP contribution in [-0.2, 0) is 10.8 Å². The molecule has 0 amide bonds. The normalized spacial score (nSPS) is 15.0. The van der Waals surface area contributed by atoms with Gasteiger partial charge in [0.2, 0.25) is 0 Å². The van der Waals surface area contributed by atoms with E-state index >= 15 is 0 Å². The van der Waals surface area contributed by atoms with Crippen LogP contribution in [0.1, 0.15) is 103 Å². The molecule has 3 heterocycles. The summed E-state index contributed by atoms with van der Waals surface area (Å²) in [5.74, 6) is -0.449. The average molecular weight is 1280 g/mol. The molecule has 3 aromatic heterocycles. The van der Waals surface area contributed by atoms with Gasteiger partial charge in [-0.2, -0.15) is 21.0 Å². The maximum Gasteiger partial charge on any atom is 0.195 e. The van der Waals surface area contributed by atoms with E-state index in [1.165, 1.54) is 77.0 Å². The first kappa shape index (κ1) is 59.2. The zero-order valence-electron chi connectivity index (χ0n) is 52.4. The second-order valence-electron chi connectivity index (χ2n) is 24.9. The molecule has 0 bridgehead atoms. The lowest BCUT2D eigenvalue weighted by atomic mass is 9.65. The number of nitrogens with one attached hydrogen (secondary N) is 1. The number of fused-ring (bicyclic) bond motifs is 9. The summed E-state index contributed by atoms with van der Waals surface area (Å²) in [5.41, 5.74) is 21.6. The van der Waals surface area contributed by atoms with Crippen LogP contribution in [0.15, 0.2) is 259 Å². The second kappa shape index (κ2) is 23.0. The number of hydrogen-bond acceptors (Lipinski definition) is 10. The minimum Gasteiger partial charge on any atom is -0.353 e. The Kier molecular flexibility index (Phi) is 14.2. The van der Waals surface area contributed by atoms with Gasteiger partial charge in [-0.05, 0) is 183 Å². The summed E-state index contributed by atoms with van der Waals surface area (Å²) in [6.45, 7) is 8.59. The number of Topliss-reactive ketones (excluding diaryl/α,β-unsaturated/α-hetero) is 2. The number of anilines is 1. The maximum absolute atomic E-state index is 13.9. The Morgan fingerprint density at radius 3 is 1.40 bits per heavy atom. The lowest BCUT2D eigenvalue weighted by Gasteiger charge is -2.36. The smallest absolute Gasteiger partial charge is 0.195 e. The Labute approximate surface area is 568 Å². The van der Waals surface area contributed by atoms with Crippen molar-refractivity contribution in [3.8, 4) is 66.7 Å². The number of rotatable bonds is 10. The van der Waals surface area contributed by atoms with Gasteiger partial charge in [-0.1, -0.05) is 192 Å². The minimum atomic E-state index is -0.785. The molecule has 16 rings (SSSR count). The van der Waals surface area contributed by atoms with Crippen LogP contribution in [0.5, 0.6) is 0 Å². The van der Waals surface area contributed by atoms with E-state index in [0.29, 0.717) is 39.0 Å². The number of carbonyl (C=O) groups is 2. The van der Waals surface area contributed by atoms with Gasteiger partial charge >= 0.3 is 0 Å². The highest BCUT2D eigenvalue weighted by Crippen LogP contribution is 2.64. The van der Waals surface area contributed by atoms with Gasteiger partial charge < -0.3 is 5.32 Å². The Hall–Kier alpha value is -11.9. The molecule has 9 aromatic carbocycles. The summed E-state index contributed by atoms with van der Waals surface area (Å²) in [5, 5.41) is 45.2. The zero-order valence-corrected chi connectivity index (χ0v) is 54.9. The largest absolute Gasteiger partial charge is 0.353 e. The van der Waals surface area contributed by atoms with E-state index in [0.717, 1.165) is 52.1 Å². The molecule has 12 aromatic rings. The predicted molar refractivity (Wildman–Crippen MR) is 389 cm³/mol. The molecule has 0 atom stereocenters. The molecule has 0 unspecified atom stereocenters. The van der Waals surface area contributed by atoms with Crippen LogP contribution in [0, 0.1) is 73.0 Å². The standard InChI is InChI=1S/C86H53N5O2S3/c1-49-16-25-57(26-17-49)85(58-27-18-50(2)19-28-58)72-39-53(76-36-37-80(96-76)91-48-71-82(56(46-89)47-90)64-12-6-8-14-66(64)84(71)93)24-34-62(72)69-41-74-70(42-73(69)85)68-38-54-40-79(95-78(54)43-75(68)86(74,59-29-20-51(3)21-30-59)60-31-22-52(4)23-32-60)77-35-33-61(94-77)10-9-15-67-81(55(44-87)45-88)63-11-5-7-13-65(63)83(67)92/h5-43,48,91H,1-4H3/b10-9-,67-15-,71-48-. The lowest BCUT2D eigenvalue weighted by Crippen LogP contribution is -2.30. The first-order chi connectivity index (χ1) is 46.8. The summed E-state index contributed by atoms with van der Waals surface area (Å²) in [4.78, 5) is 31.8. The van der Waals surface area contributed by atoms with Crippen molar-refractivity contribution in [1.29, 1.82) is 21.0 Å². The van der Waals surface area contributed by atoms with E-state index in [2.05, 4.69) is 197 Å². The van der Waals surface area contributed by atoms with Gasteiger partial charge in [0.05, 0.1) is 15.8 Å². The number of allylic oxidation sites excluding steroid dienone is 8. The SMILES string of the molecule is Cc1ccc(C2(c3ccc(C)cc3)c3cc(-c4ccc(N/C=C5\C(=O)c6ccccc6C5=C(C#N)C#N)s4)ccc3-c3cc4c(cc32)-c2cc3cc(-c5ccc(/C=C\C=C6/C(=O)c7ccccc7C6=C(C#N)C#N)s5)sc3cc2C4(c2ccc(C)cc2)c2ccc(C)cc2)cc1. The molecule has 1 N–H and O–H groups in total. The summed E-state index contributed by atoms with van der Waals surface area (Å²) >= 11 is 5.03. The van der Waals surface area contributed by atoms with Gasteiger partial charge in [0, 0.05) is 63.8 Å². The molecule has 4 aliphatic rings. The quantitative estimate of drug-likeness (QED) is 0.106. The predicted octanol–water partition coefficient (Wildman–Crippen LogP) is 20.9. The molecule has 0 saturated carbocycles. The molecule has 4 aliphatic carbocycles. The topological polar surface area (TPSA) is 141 Å². The van der Waals surface area contributed by atoms with E-state index in [-0.39, 0.29) is 28.3 Å². The van der Waals surface area contributed by atoms with Crippen LogP contribution in [0.2, 0.25) is 0 Å². The maximum atomic E-state index is 13.9. The van der Waals surface area contributed by atoms with Crippen molar-refractivity contribution in [1.82, 2.24) is 0 Å². The third-order valence-corrected chi connectivity index (χ3v) is 22.9. The van der Waals surface area contributed by atoms with Gasteiger partial charge in [0.1, 0.15) is 35.4 Å². The first-order valence-corrected chi connectivity index (χ1v) is 33.9. The number of nitrogens with zero attached hydrogens (tertiary/aromatic N) is 4. The van der Waals surface area contributed by atoms with Crippen LogP contribution < -0.4 is 5.32 Å². The molecule has 96 heavy (non-hydrogen) atoms. The lowest BCUT2D eigenvalue weighted by molar-refractivity contribution is 0.103. The Balaban J connectivity index is 0.860. The van der Waals surface area contributed by atoms with Crippen molar-refractivity contribution in [2.45, 2.75) is 38.5 Å². The van der Waals surface area contributed by atoms with E-state index < -0.39 is 10.8 Å². The number of ketones is 2. The van der Waals surface area contributed by atoms with E-state index in [4.69, 9.17) is 0 Å². The monoisotopic (exact) mass is 1280 g/mol. The van der Waals surface area contributed by atoms with E-state index in [1.54, 1.807) is 82.7 Å². The Bertz CT molecular complexity index is 5610. The summed E-state index contributed by atoms with van der Waals surface area (Å²) in [6.07, 6.45) is 7.17. The molecule has 0 aliphatic heterocycles. The number of aryl methyl sites for hydroxylation is 4. The Morgan fingerprint density at radius 1 is 0.406 bits per heavy atom. The van der Waals surface area contributed by atoms with Crippen molar-refractivity contribution in [2.75, 3.05) is 5.32 Å². The number of carbonyl (C=O) groups excluding carboxylic acids is 2. The molecule has 0 spiro atoms. The van der Waals surface area contributed by atoms with Gasteiger partial charge in [0.25, 0.3) is 0 Å². The van der Waals surface area contributed by atoms with Crippen LogP contribution in [0.25, 0.3) is 69.8 Å². The highest BCUT2D eigenvalue weighted by Gasteiger charge is 2.52. The molecule has 0 radical (unpaired) electrons. The fraction of sp³-hybridized carbons (Fsp3) is 0.0698. The number of nitriles is 4. The van der Waals surface area contributed by atoms with Crippen LogP contribution in [-0.4, -0.2) is 11.6 Å². The number of benzene rings is 9. The van der Waals surface area contributed by atoms with Gasteiger partial charge in [-0.3, -0.25) is 9.59 Å². The summed E-state index contributed by atoms with van der Waals surface area (Å²) in [7, 11) is 0. The van der Waals surface area contributed by atoms with Crippen molar-refractivity contribution < 1.29 is 9.59 Å². The fourth-order valence-corrected chi connectivity index (χ4v) is 17.9. The zero-order chi connectivity index (χ0) is 65.7. The molecule has 0 saturated heterocycles. The highest BCUT2D eigenvalue weighted by atomic mass is 32.1. The van der Waals surface area contributed by atoms with Gasteiger partial charge in [-0.25, -0.2) is 0 Å². The van der Waals surface area contributed by atoms with Crippen LogP contribution in [0.4, 0.5) is 5.00 Å². The van der Waals surface area contributed by atoms with Crippen LogP contribution in [0.3, 0.4) is 0 Å². The second-order valence-corrected chi connectivity index (χ2v) is 28.2. The van der Waals surface area contributed by atoms with E-state index in [1.807, 2.05) is 54.6 Å². The number of thiophene rings is 3. The fourth-order valence-electron chi connectivity index (χ4n) is 15.0. The van der Waals surface area contributed by atoms with Gasteiger partial charge in [-0.15, -0.1) is 34.0 Å². The first-order valence-electron chi connectivity index (χ1n) is 31.5. The molecule has 7 nitrogen and oxygen atoms in total. The molecule has 452 valence electrons. The summed E-state index contributed by atoms with van der Waals surface area (Å²) < 4.78 is 1.17. The van der Waals surface area contributed by atoms with E-state index in [9.17, 15) is 30.6 Å². The molecule has 10 heteroatoms. The van der Waals surface area contributed by atoms with Crippen LogP contribution >= 0.6 is 34.0 Å². The van der Waals surface area contributed by atoms with Crippen molar-refractivity contribution in [3.63, 3.8) is 0 Å². The average Bonchev–Trinajstić information content (AvgIpc) is 1.50. The molecular formula is C86H53N5O2S3. The molecular weight excluding hydrogens is 1230 g/mol. The summed E-state index contributed by atoms with van der Waals surface area (Å²) in [6, 6.07) is 86.4.